The normalized spacial score (nSPS) is 12.5. The predicted molar refractivity (Wildman–Crippen MR) is 123 cm³/mol. The summed E-state index contributed by atoms with van der Waals surface area (Å²) in [7, 11) is 0. The third-order valence-electron chi connectivity index (χ3n) is 5.40. The average Bonchev–Trinajstić information content (AvgIpc) is 3.07. The number of ether oxygens (including phenoxy) is 2. The van der Waals surface area contributed by atoms with Crippen molar-refractivity contribution in [1.82, 2.24) is 10.6 Å². The molecule has 3 rings (SSSR count). The quantitative estimate of drug-likeness (QED) is 0.449. The lowest BCUT2D eigenvalue weighted by Crippen LogP contribution is -2.45. The Bertz CT molecular complexity index is 958. The molecule has 3 N–H and O–H groups in total. The molecule has 1 aliphatic rings. The number of rotatable bonds is 11. The number of nitrogens with one attached hydrogen (secondary N) is 2. The van der Waals surface area contributed by atoms with Gasteiger partial charge in [0.05, 0.1) is 19.6 Å². The summed E-state index contributed by atoms with van der Waals surface area (Å²) in [5.41, 5.74) is 3.82. The Morgan fingerprint density at radius 1 is 0.970 bits per heavy atom. The summed E-state index contributed by atoms with van der Waals surface area (Å²) in [6, 6.07) is 16.3. The molecule has 0 bridgehead atoms. The molecule has 0 saturated heterocycles. The lowest BCUT2D eigenvalue weighted by molar-refractivity contribution is -0.138. The fourth-order valence-electron chi connectivity index (χ4n) is 4.00. The SMILES string of the molecule is CC(C)(CC(=O)O)NC(=O)CCOCCNC(=O)OCC1c2ccccc2-c2ccccc21. The number of hydrogen-bond acceptors (Lipinski definition) is 5. The van der Waals surface area contributed by atoms with Gasteiger partial charge >= 0.3 is 12.1 Å². The van der Waals surface area contributed by atoms with Crippen LogP contribution in [0.3, 0.4) is 0 Å². The summed E-state index contributed by atoms with van der Waals surface area (Å²) in [6.07, 6.45) is -0.578. The Morgan fingerprint density at radius 3 is 2.18 bits per heavy atom. The number of carboxylic acids is 1. The number of fused-ring (bicyclic) bond motifs is 3. The van der Waals surface area contributed by atoms with Crippen molar-refractivity contribution in [3.05, 3.63) is 59.7 Å². The standard InChI is InChI=1S/C25H30N2O6/c1-25(2,15-23(29)30)27-22(28)11-13-32-14-12-26-24(31)33-16-21-19-9-5-3-7-17(19)18-8-4-6-10-20(18)21/h3-10,21H,11-16H2,1-2H3,(H,26,31)(H,27,28)(H,29,30). The number of amides is 2. The molecule has 33 heavy (non-hydrogen) atoms. The molecule has 1 aliphatic carbocycles. The van der Waals surface area contributed by atoms with E-state index in [2.05, 4.69) is 34.9 Å². The van der Waals surface area contributed by atoms with Gasteiger partial charge in [-0.2, -0.15) is 0 Å². The maximum Gasteiger partial charge on any atom is 0.407 e. The van der Waals surface area contributed by atoms with Gasteiger partial charge < -0.3 is 25.2 Å². The summed E-state index contributed by atoms with van der Waals surface area (Å²) < 4.78 is 10.8. The van der Waals surface area contributed by atoms with Crippen LogP contribution in [0.2, 0.25) is 0 Å². The van der Waals surface area contributed by atoms with Crippen molar-refractivity contribution in [3.63, 3.8) is 0 Å². The highest BCUT2D eigenvalue weighted by Gasteiger charge is 2.29. The summed E-state index contributed by atoms with van der Waals surface area (Å²) in [6.45, 7) is 4.20. The molecular formula is C25H30N2O6. The molecule has 2 aromatic carbocycles. The van der Waals surface area contributed by atoms with Crippen molar-refractivity contribution in [1.29, 1.82) is 0 Å². The van der Waals surface area contributed by atoms with Gasteiger partial charge in [-0.25, -0.2) is 4.79 Å². The lowest BCUT2D eigenvalue weighted by atomic mass is 9.98. The minimum atomic E-state index is -0.976. The summed E-state index contributed by atoms with van der Waals surface area (Å²) >= 11 is 0. The molecule has 0 unspecified atom stereocenters. The van der Waals surface area contributed by atoms with Crippen LogP contribution >= 0.6 is 0 Å². The zero-order chi connectivity index (χ0) is 23.8. The third-order valence-corrected chi connectivity index (χ3v) is 5.40. The van der Waals surface area contributed by atoms with Crippen molar-refractivity contribution in [2.45, 2.75) is 38.1 Å². The predicted octanol–water partition coefficient (Wildman–Crippen LogP) is 3.30. The van der Waals surface area contributed by atoms with Gasteiger partial charge in [0.1, 0.15) is 6.61 Å². The molecule has 0 aromatic heterocycles. The summed E-state index contributed by atoms with van der Waals surface area (Å²) in [5.74, 6) is -1.26. The first-order valence-electron chi connectivity index (χ1n) is 11.0. The van der Waals surface area contributed by atoms with Gasteiger partial charge in [-0.1, -0.05) is 48.5 Å². The highest BCUT2D eigenvalue weighted by Crippen LogP contribution is 2.44. The van der Waals surface area contributed by atoms with Crippen molar-refractivity contribution >= 4 is 18.0 Å². The summed E-state index contributed by atoms with van der Waals surface area (Å²) in [5, 5.41) is 14.2. The second-order valence-corrected chi connectivity index (χ2v) is 8.62. The minimum Gasteiger partial charge on any atom is -0.481 e. The van der Waals surface area contributed by atoms with Crippen LogP contribution in [0.5, 0.6) is 0 Å². The van der Waals surface area contributed by atoms with E-state index >= 15 is 0 Å². The molecule has 0 heterocycles. The van der Waals surface area contributed by atoms with E-state index in [1.807, 2.05) is 24.3 Å². The molecule has 2 amide bonds. The Labute approximate surface area is 193 Å². The fourth-order valence-corrected chi connectivity index (χ4v) is 4.00. The third kappa shape index (κ3) is 6.79. The summed E-state index contributed by atoms with van der Waals surface area (Å²) in [4.78, 5) is 34.8. The molecule has 176 valence electrons. The molecule has 8 heteroatoms. The molecule has 0 saturated carbocycles. The topological polar surface area (TPSA) is 114 Å². The Morgan fingerprint density at radius 2 is 1.58 bits per heavy atom. The van der Waals surface area contributed by atoms with Crippen LogP contribution in [0.4, 0.5) is 4.79 Å². The van der Waals surface area contributed by atoms with Gasteiger partial charge in [-0.15, -0.1) is 0 Å². The molecule has 2 aromatic rings. The van der Waals surface area contributed by atoms with Crippen LogP contribution in [0.1, 0.15) is 43.7 Å². The van der Waals surface area contributed by atoms with Gasteiger partial charge in [-0.05, 0) is 36.1 Å². The molecular weight excluding hydrogens is 424 g/mol. The first kappa shape index (κ1) is 24.3. The van der Waals surface area contributed by atoms with Gasteiger partial charge in [0.25, 0.3) is 0 Å². The monoisotopic (exact) mass is 454 g/mol. The maximum atomic E-state index is 12.1. The van der Waals surface area contributed by atoms with E-state index in [0.29, 0.717) is 0 Å². The molecule has 0 spiro atoms. The van der Waals surface area contributed by atoms with Gasteiger partial charge in [0.15, 0.2) is 0 Å². The highest BCUT2D eigenvalue weighted by molar-refractivity contribution is 5.79. The average molecular weight is 455 g/mol. The van der Waals surface area contributed by atoms with E-state index in [0.717, 1.165) is 11.1 Å². The van der Waals surface area contributed by atoms with Crippen LogP contribution in [-0.4, -0.2) is 55.0 Å². The zero-order valence-electron chi connectivity index (χ0n) is 18.9. The number of hydrogen-bond donors (Lipinski definition) is 3. The number of carboxylic acid groups (broad SMARTS) is 1. The van der Waals surface area contributed by atoms with Crippen LogP contribution in [0.15, 0.2) is 48.5 Å². The molecule has 0 fully saturated rings. The number of aliphatic carboxylic acids is 1. The van der Waals surface area contributed by atoms with E-state index in [1.54, 1.807) is 13.8 Å². The number of carbonyl (C=O) groups excluding carboxylic acids is 2. The van der Waals surface area contributed by atoms with Crippen molar-refractivity contribution in [2.24, 2.45) is 0 Å². The first-order chi connectivity index (χ1) is 15.8. The molecule has 0 atom stereocenters. The van der Waals surface area contributed by atoms with Gasteiger partial charge in [0, 0.05) is 24.4 Å². The molecule has 0 radical (unpaired) electrons. The smallest absolute Gasteiger partial charge is 0.407 e. The first-order valence-corrected chi connectivity index (χ1v) is 11.0. The van der Waals surface area contributed by atoms with Gasteiger partial charge in [-0.3, -0.25) is 9.59 Å². The van der Waals surface area contributed by atoms with Crippen LogP contribution < -0.4 is 10.6 Å². The molecule has 8 nitrogen and oxygen atoms in total. The van der Waals surface area contributed by atoms with Crippen molar-refractivity contribution in [3.8, 4) is 11.1 Å². The fraction of sp³-hybridized carbons (Fsp3) is 0.400. The van der Waals surface area contributed by atoms with E-state index in [4.69, 9.17) is 14.6 Å². The van der Waals surface area contributed by atoms with E-state index in [-0.39, 0.29) is 51.0 Å². The van der Waals surface area contributed by atoms with E-state index in [1.165, 1.54) is 11.1 Å². The van der Waals surface area contributed by atoms with E-state index < -0.39 is 17.6 Å². The van der Waals surface area contributed by atoms with Crippen LogP contribution in [0, 0.1) is 0 Å². The zero-order valence-corrected chi connectivity index (χ0v) is 18.9. The van der Waals surface area contributed by atoms with E-state index in [9.17, 15) is 14.4 Å². The number of benzene rings is 2. The maximum absolute atomic E-state index is 12.1. The Kier molecular flexibility index (Phi) is 8.06. The second kappa shape index (κ2) is 11.0. The molecule has 0 aliphatic heterocycles. The Hall–Kier alpha value is -3.39. The van der Waals surface area contributed by atoms with Crippen molar-refractivity contribution in [2.75, 3.05) is 26.4 Å². The van der Waals surface area contributed by atoms with Gasteiger partial charge in [0.2, 0.25) is 5.91 Å². The van der Waals surface area contributed by atoms with Crippen molar-refractivity contribution < 1.29 is 29.0 Å². The second-order valence-electron chi connectivity index (χ2n) is 8.62. The largest absolute Gasteiger partial charge is 0.481 e. The Balaban J connectivity index is 1.33. The number of alkyl carbamates (subject to hydrolysis) is 1. The van der Waals surface area contributed by atoms with Crippen LogP contribution in [-0.2, 0) is 19.1 Å². The number of carbonyl (C=O) groups is 3. The minimum absolute atomic E-state index is 0.00305. The van der Waals surface area contributed by atoms with Crippen LogP contribution in [0.25, 0.3) is 11.1 Å². The highest BCUT2D eigenvalue weighted by atomic mass is 16.5. The lowest BCUT2D eigenvalue weighted by Gasteiger charge is -2.24.